The largest absolute Gasteiger partial charge is 0.504 e. The number of carboxylic acid groups (broad SMARTS) is 1. The summed E-state index contributed by atoms with van der Waals surface area (Å²) < 4.78 is 9.35. The molecule has 0 fully saturated rings. The van der Waals surface area contributed by atoms with Crippen molar-refractivity contribution < 1.29 is 39.2 Å². The lowest BCUT2D eigenvalue weighted by atomic mass is 9.93. The van der Waals surface area contributed by atoms with Crippen LogP contribution in [0, 0.1) is 0 Å². The number of carbonyl (C=O) groups excluding carboxylic acids is 2. The van der Waals surface area contributed by atoms with Crippen LogP contribution in [0.4, 0.5) is 4.79 Å². The zero-order chi connectivity index (χ0) is 18.5. The summed E-state index contributed by atoms with van der Waals surface area (Å²) in [6.07, 6.45) is -2.46. The summed E-state index contributed by atoms with van der Waals surface area (Å²) in [5, 5.41) is 30.3. The Labute approximate surface area is 137 Å². The molecule has 0 saturated heterocycles. The van der Waals surface area contributed by atoms with Crippen LogP contribution in [0.3, 0.4) is 0 Å². The molecule has 2 atom stereocenters. The summed E-state index contributed by atoms with van der Waals surface area (Å²) in [7, 11) is 0. The van der Waals surface area contributed by atoms with E-state index in [1.807, 2.05) is 0 Å². The van der Waals surface area contributed by atoms with Gasteiger partial charge in [-0.3, -0.25) is 4.79 Å². The summed E-state index contributed by atoms with van der Waals surface area (Å²) in [4.78, 5) is 34.1. The van der Waals surface area contributed by atoms with E-state index in [-0.39, 0.29) is 12.2 Å². The molecule has 0 heterocycles. The minimum absolute atomic E-state index is 0.187. The molecule has 1 amide bonds. The van der Waals surface area contributed by atoms with E-state index in [0.29, 0.717) is 5.56 Å². The number of ether oxygens (including phenoxy) is 2. The molecule has 0 aliphatic heterocycles. The number of carboxylic acids is 1. The van der Waals surface area contributed by atoms with Crippen molar-refractivity contribution in [1.82, 2.24) is 5.32 Å². The molecule has 1 aromatic rings. The number of aromatic hydroxyl groups is 2. The molecule has 24 heavy (non-hydrogen) atoms. The minimum atomic E-state index is -1.75. The molecule has 0 spiro atoms. The molecule has 0 radical (unpaired) electrons. The predicted molar refractivity (Wildman–Crippen MR) is 80.4 cm³/mol. The van der Waals surface area contributed by atoms with E-state index in [2.05, 4.69) is 10.1 Å². The van der Waals surface area contributed by atoms with Gasteiger partial charge in [0.25, 0.3) is 0 Å². The number of aliphatic carboxylic acids is 1. The fourth-order valence-electron chi connectivity index (χ4n) is 1.92. The molecule has 132 valence electrons. The van der Waals surface area contributed by atoms with Crippen molar-refractivity contribution in [3.05, 3.63) is 23.8 Å². The summed E-state index contributed by atoms with van der Waals surface area (Å²) >= 11 is 0. The van der Waals surface area contributed by atoms with Crippen LogP contribution in [-0.2, 0) is 25.5 Å². The Balaban J connectivity index is 2.83. The quantitative estimate of drug-likeness (QED) is 0.342. The Morgan fingerprint density at radius 3 is 2.33 bits per heavy atom. The van der Waals surface area contributed by atoms with Gasteiger partial charge in [-0.25, -0.2) is 9.59 Å². The zero-order valence-electron chi connectivity index (χ0n) is 13.4. The van der Waals surface area contributed by atoms with Crippen LogP contribution in [0.1, 0.15) is 26.3 Å². The second-order valence-corrected chi connectivity index (χ2v) is 5.34. The molecule has 0 bridgehead atoms. The molecule has 9 heteroatoms. The molecule has 9 nitrogen and oxygen atoms in total. The highest BCUT2D eigenvalue weighted by atomic mass is 16.7. The second-order valence-electron chi connectivity index (χ2n) is 5.34. The Hall–Kier alpha value is -2.97. The van der Waals surface area contributed by atoms with Gasteiger partial charge in [0.2, 0.25) is 6.29 Å². The van der Waals surface area contributed by atoms with Crippen LogP contribution in [0.2, 0.25) is 0 Å². The molecule has 0 aliphatic carbocycles. The third-order valence-electron chi connectivity index (χ3n) is 3.05. The lowest BCUT2D eigenvalue weighted by molar-refractivity contribution is -0.163. The number of carbonyl (C=O) groups is 3. The van der Waals surface area contributed by atoms with Crippen molar-refractivity contribution in [2.75, 3.05) is 0 Å². The molecule has 0 aromatic heterocycles. The third-order valence-corrected chi connectivity index (χ3v) is 3.05. The van der Waals surface area contributed by atoms with E-state index in [0.717, 1.165) is 6.92 Å². The third kappa shape index (κ3) is 5.34. The van der Waals surface area contributed by atoms with E-state index in [9.17, 15) is 29.7 Å². The highest BCUT2D eigenvalue weighted by Crippen LogP contribution is 2.27. The maximum atomic E-state index is 11.8. The van der Waals surface area contributed by atoms with E-state index in [4.69, 9.17) is 4.74 Å². The lowest BCUT2D eigenvalue weighted by Gasteiger charge is -2.26. The number of hydrogen-bond acceptors (Lipinski definition) is 7. The number of nitrogens with one attached hydrogen (secondary N) is 1. The first-order valence-corrected chi connectivity index (χ1v) is 6.94. The van der Waals surface area contributed by atoms with Gasteiger partial charge in [-0.05, 0) is 24.6 Å². The molecule has 4 N–H and O–H groups in total. The average molecular weight is 341 g/mol. The van der Waals surface area contributed by atoms with Crippen molar-refractivity contribution in [1.29, 1.82) is 0 Å². The number of rotatable bonds is 6. The Kier molecular flexibility index (Phi) is 5.99. The number of amides is 1. The number of esters is 1. The van der Waals surface area contributed by atoms with E-state index >= 15 is 0 Å². The topological polar surface area (TPSA) is 142 Å². The summed E-state index contributed by atoms with van der Waals surface area (Å²) in [6.45, 7) is 3.69. The first-order valence-electron chi connectivity index (χ1n) is 6.94. The Morgan fingerprint density at radius 2 is 1.83 bits per heavy atom. The average Bonchev–Trinajstić information content (AvgIpc) is 2.41. The van der Waals surface area contributed by atoms with Crippen molar-refractivity contribution in [3.8, 4) is 11.5 Å². The number of benzene rings is 1. The highest BCUT2D eigenvalue weighted by molar-refractivity contribution is 5.84. The van der Waals surface area contributed by atoms with Gasteiger partial charge in [0, 0.05) is 20.3 Å². The van der Waals surface area contributed by atoms with Crippen LogP contribution >= 0.6 is 0 Å². The molecule has 0 saturated carbocycles. The van der Waals surface area contributed by atoms with Gasteiger partial charge in [-0.2, -0.15) is 0 Å². The number of hydrogen-bond donors (Lipinski definition) is 4. The van der Waals surface area contributed by atoms with Gasteiger partial charge in [0.15, 0.2) is 11.5 Å². The normalized spacial score (nSPS) is 14.1. The van der Waals surface area contributed by atoms with Gasteiger partial charge in [0.1, 0.15) is 5.54 Å². The van der Waals surface area contributed by atoms with Gasteiger partial charge in [-0.15, -0.1) is 0 Å². The molecular formula is C15H19NO8. The predicted octanol–water partition coefficient (Wildman–Crippen LogP) is 1.12. The SMILES string of the molecule is CC(=O)OC(C)OC(=O)N[C@@](C)(Cc1ccc(O)c(O)c1)C(=O)O. The van der Waals surface area contributed by atoms with Crippen molar-refractivity contribution in [3.63, 3.8) is 0 Å². The van der Waals surface area contributed by atoms with Crippen LogP contribution in [0.15, 0.2) is 18.2 Å². The van der Waals surface area contributed by atoms with Crippen molar-refractivity contribution >= 4 is 18.0 Å². The van der Waals surface area contributed by atoms with Gasteiger partial charge >= 0.3 is 18.0 Å². The van der Waals surface area contributed by atoms with E-state index in [1.165, 1.54) is 32.0 Å². The Bertz CT molecular complexity index is 644. The molecule has 1 unspecified atom stereocenters. The summed E-state index contributed by atoms with van der Waals surface area (Å²) in [6, 6.07) is 3.80. The maximum Gasteiger partial charge on any atom is 0.411 e. The number of phenols is 2. The summed E-state index contributed by atoms with van der Waals surface area (Å²) in [5.41, 5.74) is -1.39. The van der Waals surface area contributed by atoms with Crippen LogP contribution in [-0.4, -0.2) is 45.2 Å². The van der Waals surface area contributed by atoms with Crippen molar-refractivity contribution in [2.45, 2.75) is 39.0 Å². The van der Waals surface area contributed by atoms with Gasteiger partial charge < -0.3 is 30.1 Å². The first kappa shape index (κ1) is 19.1. The minimum Gasteiger partial charge on any atom is -0.504 e. The fourth-order valence-corrected chi connectivity index (χ4v) is 1.92. The van der Waals surface area contributed by atoms with Crippen LogP contribution < -0.4 is 5.32 Å². The summed E-state index contributed by atoms with van der Waals surface area (Å²) in [5.74, 6) is -2.76. The first-order chi connectivity index (χ1) is 11.0. The monoisotopic (exact) mass is 341 g/mol. The maximum absolute atomic E-state index is 11.8. The molecule has 0 aliphatic rings. The second kappa shape index (κ2) is 7.53. The van der Waals surface area contributed by atoms with E-state index < -0.39 is 35.6 Å². The van der Waals surface area contributed by atoms with Gasteiger partial charge in [0.05, 0.1) is 0 Å². The standard InChI is InChI=1S/C15H19NO8/c1-8(17)23-9(2)24-14(22)16-15(3,13(20)21)7-10-4-5-11(18)12(19)6-10/h4-6,9,18-19H,7H2,1-3H3,(H,16,22)(H,20,21)/t9?,15-/m0/s1. The van der Waals surface area contributed by atoms with Crippen LogP contribution in [0.5, 0.6) is 11.5 Å². The molecule has 1 aromatic carbocycles. The number of phenolic OH excluding ortho intramolecular Hbond substituents is 2. The zero-order valence-corrected chi connectivity index (χ0v) is 13.4. The molecular weight excluding hydrogens is 322 g/mol. The van der Waals surface area contributed by atoms with Crippen molar-refractivity contribution in [2.24, 2.45) is 0 Å². The molecule has 1 rings (SSSR count). The smallest absolute Gasteiger partial charge is 0.411 e. The highest BCUT2D eigenvalue weighted by Gasteiger charge is 2.36. The van der Waals surface area contributed by atoms with Gasteiger partial charge in [-0.1, -0.05) is 6.07 Å². The van der Waals surface area contributed by atoms with E-state index in [1.54, 1.807) is 0 Å². The Morgan fingerprint density at radius 1 is 1.21 bits per heavy atom. The lowest BCUT2D eigenvalue weighted by Crippen LogP contribution is -2.54. The number of alkyl carbamates (subject to hydrolysis) is 1. The fraction of sp³-hybridized carbons (Fsp3) is 0.400. The van der Waals surface area contributed by atoms with Crippen LogP contribution in [0.25, 0.3) is 0 Å².